The molecule has 2 aliphatic carbocycles. The summed E-state index contributed by atoms with van der Waals surface area (Å²) in [6.45, 7) is 4.18. The number of nitrogens with zero attached hydrogens (tertiary/aromatic N) is 3. The first-order valence-corrected chi connectivity index (χ1v) is 6.73. The number of imidazole rings is 1. The van der Waals surface area contributed by atoms with Crippen LogP contribution < -0.4 is 5.32 Å². The van der Waals surface area contributed by atoms with Crippen LogP contribution in [0.5, 0.6) is 0 Å². The topological polar surface area (TPSA) is 33.1 Å². The summed E-state index contributed by atoms with van der Waals surface area (Å²) < 4.78 is 2.31. The zero-order valence-corrected chi connectivity index (χ0v) is 10.8. The van der Waals surface area contributed by atoms with Gasteiger partial charge in [0.2, 0.25) is 5.95 Å². The van der Waals surface area contributed by atoms with Crippen LogP contribution in [0.25, 0.3) is 0 Å². The van der Waals surface area contributed by atoms with E-state index in [4.69, 9.17) is 0 Å². The van der Waals surface area contributed by atoms with Crippen molar-refractivity contribution >= 4 is 5.95 Å². The Hall–Kier alpha value is -1.03. The summed E-state index contributed by atoms with van der Waals surface area (Å²) in [5.41, 5.74) is 1.12. The van der Waals surface area contributed by atoms with Gasteiger partial charge in [-0.25, -0.2) is 4.98 Å². The van der Waals surface area contributed by atoms with Crippen molar-refractivity contribution in [2.75, 3.05) is 25.5 Å². The van der Waals surface area contributed by atoms with Crippen molar-refractivity contribution in [2.24, 2.45) is 0 Å². The second-order valence-electron chi connectivity index (χ2n) is 5.48. The third kappa shape index (κ3) is 2.63. The van der Waals surface area contributed by atoms with E-state index >= 15 is 0 Å². The summed E-state index contributed by atoms with van der Waals surface area (Å²) in [4.78, 5) is 7.01. The van der Waals surface area contributed by atoms with Gasteiger partial charge in [-0.1, -0.05) is 0 Å². The predicted octanol–water partition coefficient (Wildman–Crippen LogP) is 2.03. The quantitative estimate of drug-likeness (QED) is 0.817. The number of rotatable bonds is 6. The highest BCUT2D eigenvalue weighted by Crippen LogP contribution is 2.37. The minimum absolute atomic E-state index is 0.708. The van der Waals surface area contributed by atoms with Crippen molar-refractivity contribution in [1.82, 2.24) is 14.5 Å². The number of anilines is 1. The molecule has 0 radical (unpaired) electrons. The fraction of sp³-hybridized carbons (Fsp3) is 0.769. The number of aromatic nitrogens is 2. The molecule has 1 N–H and O–H groups in total. The molecule has 1 aromatic rings. The summed E-state index contributed by atoms with van der Waals surface area (Å²) >= 11 is 0. The maximum atomic E-state index is 4.56. The van der Waals surface area contributed by atoms with Gasteiger partial charge in [0.15, 0.2) is 0 Å². The molecule has 0 aliphatic heterocycles. The summed E-state index contributed by atoms with van der Waals surface area (Å²) in [6, 6.07) is 1.56. The highest BCUT2D eigenvalue weighted by atomic mass is 15.2. The standard InChI is InChI=1S/C13H22N4/c1-10-9-17(12-5-6-12)13(15-10)14-7-8-16(2)11-3-4-11/h9,11-12H,3-8H2,1-2H3,(H,14,15). The lowest BCUT2D eigenvalue weighted by molar-refractivity contribution is 0.337. The van der Waals surface area contributed by atoms with Crippen LogP contribution >= 0.6 is 0 Å². The lowest BCUT2D eigenvalue weighted by Gasteiger charge is -2.16. The van der Waals surface area contributed by atoms with Gasteiger partial charge in [-0.2, -0.15) is 0 Å². The number of likely N-dealkylation sites (N-methyl/N-ethyl adjacent to an activating group) is 1. The first-order chi connectivity index (χ1) is 8.24. The normalized spacial score (nSPS) is 19.9. The third-order valence-corrected chi connectivity index (χ3v) is 3.71. The fourth-order valence-corrected chi connectivity index (χ4v) is 2.32. The molecule has 3 rings (SSSR count). The molecule has 0 saturated heterocycles. The minimum Gasteiger partial charge on any atom is -0.354 e. The fourth-order valence-electron chi connectivity index (χ4n) is 2.32. The van der Waals surface area contributed by atoms with Gasteiger partial charge in [0.1, 0.15) is 0 Å². The van der Waals surface area contributed by atoms with Gasteiger partial charge < -0.3 is 14.8 Å². The van der Waals surface area contributed by atoms with Crippen LogP contribution in [0.3, 0.4) is 0 Å². The van der Waals surface area contributed by atoms with E-state index in [1.165, 1.54) is 25.7 Å². The monoisotopic (exact) mass is 234 g/mol. The molecule has 0 amide bonds. The second kappa shape index (κ2) is 4.33. The number of hydrogen-bond acceptors (Lipinski definition) is 3. The lowest BCUT2D eigenvalue weighted by Crippen LogP contribution is -2.27. The van der Waals surface area contributed by atoms with Gasteiger partial charge in [-0.05, 0) is 39.7 Å². The summed E-state index contributed by atoms with van der Waals surface area (Å²) in [7, 11) is 2.22. The molecule has 94 valence electrons. The molecular weight excluding hydrogens is 212 g/mol. The van der Waals surface area contributed by atoms with Gasteiger partial charge in [0, 0.05) is 31.4 Å². The van der Waals surface area contributed by atoms with E-state index in [1.54, 1.807) is 0 Å². The zero-order chi connectivity index (χ0) is 11.8. The summed E-state index contributed by atoms with van der Waals surface area (Å²) in [5, 5.41) is 3.48. The number of hydrogen-bond donors (Lipinski definition) is 1. The van der Waals surface area contributed by atoms with Crippen LogP contribution in [0.15, 0.2) is 6.20 Å². The van der Waals surface area contributed by atoms with Crippen molar-refractivity contribution in [2.45, 2.75) is 44.7 Å². The van der Waals surface area contributed by atoms with Crippen molar-refractivity contribution in [3.8, 4) is 0 Å². The smallest absolute Gasteiger partial charge is 0.203 e. The Labute approximate surface area is 103 Å². The molecule has 2 fully saturated rings. The molecule has 2 saturated carbocycles. The first kappa shape index (κ1) is 11.1. The average Bonchev–Trinajstić information content (AvgIpc) is 3.17. The molecule has 2 aliphatic rings. The van der Waals surface area contributed by atoms with Crippen molar-refractivity contribution in [1.29, 1.82) is 0 Å². The molecule has 0 atom stereocenters. The Kier molecular flexibility index (Phi) is 2.82. The third-order valence-electron chi connectivity index (χ3n) is 3.71. The molecular formula is C13H22N4. The molecule has 0 unspecified atom stereocenters. The Morgan fingerprint density at radius 2 is 2.18 bits per heavy atom. The molecule has 0 aromatic carbocycles. The van der Waals surface area contributed by atoms with Crippen LogP contribution in [0.1, 0.15) is 37.4 Å². The molecule has 4 nitrogen and oxygen atoms in total. The van der Waals surface area contributed by atoms with E-state index in [9.17, 15) is 0 Å². The van der Waals surface area contributed by atoms with Crippen LogP contribution in [-0.2, 0) is 0 Å². The molecule has 4 heteroatoms. The van der Waals surface area contributed by atoms with Crippen LogP contribution in [0.4, 0.5) is 5.95 Å². The van der Waals surface area contributed by atoms with E-state index in [-0.39, 0.29) is 0 Å². The summed E-state index contributed by atoms with van der Waals surface area (Å²) in [5.74, 6) is 1.06. The van der Waals surface area contributed by atoms with Gasteiger partial charge in [0.05, 0.1) is 5.69 Å². The van der Waals surface area contributed by atoms with Gasteiger partial charge in [-0.15, -0.1) is 0 Å². The zero-order valence-electron chi connectivity index (χ0n) is 10.8. The molecule has 17 heavy (non-hydrogen) atoms. The lowest BCUT2D eigenvalue weighted by atomic mass is 10.5. The van der Waals surface area contributed by atoms with Gasteiger partial charge in [0.25, 0.3) is 0 Å². The Balaban J connectivity index is 1.53. The number of aryl methyl sites for hydroxylation is 1. The van der Waals surface area contributed by atoms with Crippen molar-refractivity contribution < 1.29 is 0 Å². The van der Waals surface area contributed by atoms with E-state index in [0.29, 0.717) is 6.04 Å². The van der Waals surface area contributed by atoms with E-state index in [0.717, 1.165) is 30.8 Å². The van der Waals surface area contributed by atoms with Gasteiger partial charge in [-0.3, -0.25) is 0 Å². The molecule has 0 bridgehead atoms. The van der Waals surface area contributed by atoms with Crippen LogP contribution in [-0.4, -0.2) is 40.6 Å². The van der Waals surface area contributed by atoms with E-state index in [2.05, 4.69) is 39.9 Å². The van der Waals surface area contributed by atoms with E-state index in [1.807, 2.05) is 0 Å². The molecule has 1 heterocycles. The largest absolute Gasteiger partial charge is 0.354 e. The average molecular weight is 234 g/mol. The Morgan fingerprint density at radius 1 is 1.41 bits per heavy atom. The molecule has 0 spiro atoms. The Morgan fingerprint density at radius 3 is 2.82 bits per heavy atom. The molecule has 1 aromatic heterocycles. The maximum Gasteiger partial charge on any atom is 0.203 e. The minimum atomic E-state index is 0.708. The highest BCUT2D eigenvalue weighted by molar-refractivity contribution is 5.30. The van der Waals surface area contributed by atoms with Crippen LogP contribution in [0.2, 0.25) is 0 Å². The number of nitrogens with one attached hydrogen (secondary N) is 1. The van der Waals surface area contributed by atoms with E-state index < -0.39 is 0 Å². The van der Waals surface area contributed by atoms with Crippen molar-refractivity contribution in [3.63, 3.8) is 0 Å². The second-order valence-corrected chi connectivity index (χ2v) is 5.48. The predicted molar refractivity (Wildman–Crippen MR) is 69.4 cm³/mol. The maximum absolute atomic E-state index is 4.56. The highest BCUT2D eigenvalue weighted by Gasteiger charge is 2.27. The summed E-state index contributed by atoms with van der Waals surface area (Å²) in [6.07, 6.45) is 7.56. The van der Waals surface area contributed by atoms with Crippen LogP contribution in [0, 0.1) is 6.92 Å². The van der Waals surface area contributed by atoms with Gasteiger partial charge >= 0.3 is 0 Å². The SMILES string of the molecule is Cc1cn(C2CC2)c(NCCN(C)C2CC2)n1. The Bertz CT molecular complexity index is 390. The first-order valence-electron chi connectivity index (χ1n) is 6.73. The van der Waals surface area contributed by atoms with Crippen molar-refractivity contribution in [3.05, 3.63) is 11.9 Å².